The lowest BCUT2D eigenvalue weighted by molar-refractivity contribution is -0.118. The first-order valence-corrected chi connectivity index (χ1v) is 13.3. The van der Waals surface area contributed by atoms with E-state index in [1.54, 1.807) is 11.3 Å². The van der Waals surface area contributed by atoms with Gasteiger partial charge in [-0.25, -0.2) is 4.98 Å². The highest BCUT2D eigenvalue weighted by Crippen LogP contribution is 2.32. The molecule has 0 saturated carbocycles. The van der Waals surface area contributed by atoms with Crippen LogP contribution in [-0.4, -0.2) is 36.1 Å². The first kappa shape index (κ1) is 28.3. The molecule has 3 rings (SSSR count). The van der Waals surface area contributed by atoms with E-state index in [-0.39, 0.29) is 24.5 Å². The summed E-state index contributed by atoms with van der Waals surface area (Å²) in [6.07, 6.45) is 3.04. The number of primary amides is 1. The van der Waals surface area contributed by atoms with Crippen LogP contribution in [0.5, 0.6) is 5.75 Å². The molecule has 0 aliphatic carbocycles. The van der Waals surface area contributed by atoms with Crippen LogP contribution in [0.15, 0.2) is 48.0 Å². The minimum Gasteiger partial charge on any atom is -0.493 e. The Balaban J connectivity index is 1.48. The molecule has 0 fully saturated rings. The molecule has 3 aromatic rings. The van der Waals surface area contributed by atoms with Crippen molar-refractivity contribution in [3.63, 3.8) is 0 Å². The van der Waals surface area contributed by atoms with E-state index < -0.39 is 0 Å². The van der Waals surface area contributed by atoms with E-state index in [0.29, 0.717) is 32.6 Å². The van der Waals surface area contributed by atoms with Crippen LogP contribution in [0.1, 0.15) is 48.6 Å². The van der Waals surface area contributed by atoms with Crippen LogP contribution >= 0.6 is 11.3 Å². The number of rotatable bonds is 16. The summed E-state index contributed by atoms with van der Waals surface area (Å²) in [5.74, 6) is 0.425. The molecule has 0 aliphatic rings. The second-order valence-electron chi connectivity index (χ2n) is 9.04. The van der Waals surface area contributed by atoms with Gasteiger partial charge in [-0.05, 0) is 55.9 Å². The Morgan fingerprint density at radius 3 is 2.62 bits per heavy atom. The van der Waals surface area contributed by atoms with E-state index in [4.69, 9.17) is 20.9 Å². The second kappa shape index (κ2) is 14.5. The van der Waals surface area contributed by atoms with Gasteiger partial charge in [0.15, 0.2) is 0 Å². The van der Waals surface area contributed by atoms with Gasteiger partial charge in [0, 0.05) is 24.6 Å². The molecular formula is C28H36N4O4S. The van der Waals surface area contributed by atoms with Crippen molar-refractivity contribution in [3.8, 4) is 16.2 Å². The minimum absolute atomic E-state index is 0.165. The molecular weight excluding hydrogens is 488 g/mol. The van der Waals surface area contributed by atoms with Crippen LogP contribution in [0, 0.1) is 6.92 Å². The van der Waals surface area contributed by atoms with Crippen LogP contribution in [0.4, 0.5) is 0 Å². The molecule has 1 heterocycles. The number of aryl methyl sites for hydroxylation is 2. The molecule has 198 valence electrons. The summed E-state index contributed by atoms with van der Waals surface area (Å²) >= 11 is 1.60. The summed E-state index contributed by atoms with van der Waals surface area (Å²) in [5.41, 5.74) is 18.4. The molecule has 37 heavy (non-hydrogen) atoms. The van der Waals surface area contributed by atoms with Gasteiger partial charge in [0.25, 0.3) is 0 Å². The van der Waals surface area contributed by atoms with Gasteiger partial charge in [0.05, 0.1) is 35.4 Å². The molecule has 0 aliphatic heterocycles. The van der Waals surface area contributed by atoms with E-state index in [2.05, 4.69) is 34.6 Å². The fourth-order valence-corrected chi connectivity index (χ4v) is 4.66. The Morgan fingerprint density at radius 2 is 1.95 bits per heavy atom. The SMILES string of the molecule is Cc1ncsc1-c1ccc(CNC=O)c(OCCCc2ccc(CO[C@H](C)[C@@H](N)CCC(N)=O)cc2)c1. The molecule has 2 aromatic carbocycles. The van der Waals surface area contributed by atoms with E-state index in [1.165, 1.54) is 5.56 Å². The Bertz CT molecular complexity index is 1150. The maximum Gasteiger partial charge on any atom is 0.217 e. The van der Waals surface area contributed by atoms with E-state index in [9.17, 15) is 9.59 Å². The third-order valence-corrected chi connectivity index (χ3v) is 7.16. The van der Waals surface area contributed by atoms with Gasteiger partial charge in [-0.15, -0.1) is 11.3 Å². The number of nitrogens with two attached hydrogens (primary N) is 2. The molecule has 2 atom stereocenters. The average molecular weight is 525 g/mol. The summed E-state index contributed by atoms with van der Waals surface area (Å²) in [5, 5.41) is 2.72. The lowest BCUT2D eigenvalue weighted by Crippen LogP contribution is -2.35. The molecule has 9 heteroatoms. The normalized spacial score (nSPS) is 12.6. The quantitative estimate of drug-likeness (QED) is 0.193. The number of hydrogen-bond donors (Lipinski definition) is 3. The highest BCUT2D eigenvalue weighted by Gasteiger charge is 2.14. The third kappa shape index (κ3) is 8.96. The molecule has 2 amide bonds. The van der Waals surface area contributed by atoms with Crippen LogP contribution < -0.4 is 21.5 Å². The number of aromatic nitrogens is 1. The van der Waals surface area contributed by atoms with Gasteiger partial charge < -0.3 is 26.3 Å². The van der Waals surface area contributed by atoms with Crippen molar-refractivity contribution in [2.45, 2.75) is 64.8 Å². The molecule has 0 radical (unpaired) electrons. The van der Waals surface area contributed by atoms with Crippen LogP contribution in [0.2, 0.25) is 0 Å². The number of carbonyl (C=O) groups excluding carboxylic acids is 2. The Labute approximate surface area is 222 Å². The predicted octanol–water partition coefficient (Wildman–Crippen LogP) is 3.87. The zero-order valence-electron chi connectivity index (χ0n) is 21.4. The van der Waals surface area contributed by atoms with Gasteiger partial charge in [0.1, 0.15) is 5.75 Å². The number of amides is 2. The summed E-state index contributed by atoms with van der Waals surface area (Å²) < 4.78 is 12.0. The Hall–Kier alpha value is -3.27. The van der Waals surface area contributed by atoms with Crippen LogP contribution in [0.25, 0.3) is 10.4 Å². The second-order valence-corrected chi connectivity index (χ2v) is 9.90. The predicted molar refractivity (Wildman–Crippen MR) is 146 cm³/mol. The standard InChI is InChI=1S/C28H36N4O4S/c1-19-28(37-18-32-19)23-9-10-24(15-31-17-33)26(14-23)35-13-3-4-21-5-7-22(8-6-21)16-36-20(2)25(29)11-12-27(30)34/h5-10,14,17-18,20,25H,3-4,11-13,15-16,29H2,1-2H3,(H2,30,34)(H,31,33)/t20-,25+/m1/s1. The van der Waals surface area contributed by atoms with Crippen molar-refractivity contribution in [1.82, 2.24) is 10.3 Å². The summed E-state index contributed by atoms with van der Waals surface area (Å²) in [6, 6.07) is 14.1. The largest absolute Gasteiger partial charge is 0.493 e. The third-order valence-electron chi connectivity index (χ3n) is 6.18. The first-order valence-electron chi connectivity index (χ1n) is 12.4. The molecule has 0 bridgehead atoms. The Kier molecular flexibility index (Phi) is 11.1. The number of thiazole rings is 1. The number of ether oxygens (including phenoxy) is 2. The van der Waals surface area contributed by atoms with Crippen molar-refractivity contribution in [2.24, 2.45) is 11.5 Å². The lowest BCUT2D eigenvalue weighted by Gasteiger charge is -2.20. The number of hydrogen-bond acceptors (Lipinski definition) is 7. The maximum atomic E-state index is 10.9. The van der Waals surface area contributed by atoms with Gasteiger partial charge in [0.2, 0.25) is 12.3 Å². The molecule has 5 N–H and O–H groups in total. The van der Waals surface area contributed by atoms with E-state index >= 15 is 0 Å². The monoisotopic (exact) mass is 524 g/mol. The van der Waals surface area contributed by atoms with Gasteiger partial charge >= 0.3 is 0 Å². The summed E-state index contributed by atoms with van der Waals surface area (Å²) in [6.45, 7) is 5.34. The van der Waals surface area contributed by atoms with E-state index in [1.807, 2.05) is 37.6 Å². The smallest absolute Gasteiger partial charge is 0.217 e. The number of carbonyl (C=O) groups is 2. The van der Waals surface area contributed by atoms with Gasteiger partial charge in [-0.3, -0.25) is 9.59 Å². The zero-order valence-corrected chi connectivity index (χ0v) is 22.3. The van der Waals surface area contributed by atoms with Crippen molar-refractivity contribution in [1.29, 1.82) is 0 Å². The highest BCUT2D eigenvalue weighted by molar-refractivity contribution is 7.13. The zero-order chi connectivity index (χ0) is 26.6. The van der Waals surface area contributed by atoms with Crippen molar-refractivity contribution in [3.05, 3.63) is 70.4 Å². The van der Waals surface area contributed by atoms with Gasteiger partial charge in [-0.1, -0.05) is 36.4 Å². The fourth-order valence-electron chi connectivity index (χ4n) is 3.86. The number of benzene rings is 2. The number of nitrogens with zero attached hydrogens (tertiary/aromatic N) is 1. The summed E-state index contributed by atoms with van der Waals surface area (Å²) in [4.78, 5) is 27.2. The van der Waals surface area contributed by atoms with Crippen molar-refractivity contribution >= 4 is 23.7 Å². The van der Waals surface area contributed by atoms with Gasteiger partial charge in [-0.2, -0.15) is 0 Å². The Morgan fingerprint density at radius 1 is 1.19 bits per heavy atom. The number of nitrogens with one attached hydrogen (secondary N) is 1. The van der Waals surface area contributed by atoms with Crippen LogP contribution in [-0.2, 0) is 33.9 Å². The average Bonchev–Trinajstić information content (AvgIpc) is 3.33. The molecule has 0 unspecified atom stereocenters. The fraction of sp³-hybridized carbons (Fsp3) is 0.393. The molecule has 0 spiro atoms. The topological polar surface area (TPSA) is 130 Å². The molecule has 8 nitrogen and oxygen atoms in total. The minimum atomic E-state index is -0.349. The maximum absolute atomic E-state index is 10.9. The van der Waals surface area contributed by atoms with Crippen molar-refractivity contribution in [2.75, 3.05) is 6.61 Å². The summed E-state index contributed by atoms with van der Waals surface area (Å²) in [7, 11) is 0. The first-order chi connectivity index (χ1) is 17.9. The molecule has 0 saturated heterocycles. The lowest BCUT2D eigenvalue weighted by atomic mass is 10.1. The highest BCUT2D eigenvalue weighted by atomic mass is 32.1. The van der Waals surface area contributed by atoms with Crippen LogP contribution in [0.3, 0.4) is 0 Å². The molecule has 1 aromatic heterocycles. The van der Waals surface area contributed by atoms with Crippen molar-refractivity contribution < 1.29 is 19.1 Å². The van der Waals surface area contributed by atoms with E-state index in [0.717, 1.165) is 45.9 Å².